The van der Waals surface area contributed by atoms with Crippen LogP contribution in [0.2, 0.25) is 5.02 Å². The molecule has 0 unspecified atom stereocenters. The molecule has 0 radical (unpaired) electrons. The normalized spacial score (nSPS) is 17.7. The van der Waals surface area contributed by atoms with Crippen molar-refractivity contribution in [2.45, 2.75) is 44.1 Å². The van der Waals surface area contributed by atoms with Crippen molar-refractivity contribution < 1.29 is 24.3 Å². The molecule has 5 amide bonds. The number of phenols is 1. The Labute approximate surface area is 166 Å². The maximum Gasteiger partial charge on any atom is 0.325 e. The van der Waals surface area contributed by atoms with Crippen molar-refractivity contribution >= 4 is 35.4 Å². The average Bonchev–Trinajstić information content (AvgIpc) is 3.22. The number of urea groups is 1. The molecule has 10 heteroatoms. The van der Waals surface area contributed by atoms with E-state index in [1.807, 2.05) is 0 Å². The predicted octanol–water partition coefficient (Wildman–Crippen LogP) is 1.45. The topological polar surface area (TPSA) is 128 Å². The molecule has 0 bridgehead atoms. The van der Waals surface area contributed by atoms with Crippen molar-refractivity contribution in [1.29, 1.82) is 0 Å². The fourth-order valence-corrected chi connectivity index (χ4v) is 3.71. The first kappa shape index (κ1) is 19.9. The van der Waals surface area contributed by atoms with E-state index in [4.69, 9.17) is 11.6 Å². The number of nitrogens with one attached hydrogen (secondary N) is 3. The number of hydrogen-bond acceptors (Lipinski definition) is 5. The lowest BCUT2D eigenvalue weighted by molar-refractivity contribution is -0.131. The molecule has 1 saturated heterocycles. The number of hydrazine groups is 1. The van der Waals surface area contributed by atoms with E-state index < -0.39 is 23.4 Å². The third-order valence-corrected chi connectivity index (χ3v) is 5.24. The summed E-state index contributed by atoms with van der Waals surface area (Å²) < 4.78 is 0. The molecule has 28 heavy (non-hydrogen) atoms. The summed E-state index contributed by atoms with van der Waals surface area (Å²) in [5.41, 5.74) is 3.58. The van der Waals surface area contributed by atoms with Gasteiger partial charge in [-0.05, 0) is 37.5 Å². The summed E-state index contributed by atoms with van der Waals surface area (Å²) in [5.74, 6) is -1.70. The maximum absolute atomic E-state index is 12.5. The zero-order valence-corrected chi connectivity index (χ0v) is 15.8. The molecule has 1 saturated carbocycles. The Kier molecular flexibility index (Phi) is 5.73. The van der Waals surface area contributed by atoms with Crippen LogP contribution in [0, 0.1) is 0 Å². The number of nitrogens with zero attached hydrogens (tertiary/aromatic N) is 1. The first-order chi connectivity index (χ1) is 13.3. The minimum absolute atomic E-state index is 0.00582. The molecular weight excluding hydrogens is 388 g/mol. The van der Waals surface area contributed by atoms with Gasteiger partial charge in [-0.25, -0.2) is 4.79 Å². The Morgan fingerprint density at radius 2 is 1.93 bits per heavy atom. The molecule has 1 spiro atoms. The Balaban J connectivity index is 1.44. The van der Waals surface area contributed by atoms with Crippen molar-refractivity contribution in [3.63, 3.8) is 0 Å². The summed E-state index contributed by atoms with van der Waals surface area (Å²) in [6.07, 6.45) is 3.38. The van der Waals surface area contributed by atoms with E-state index in [0.29, 0.717) is 12.8 Å². The van der Waals surface area contributed by atoms with Gasteiger partial charge < -0.3 is 10.4 Å². The lowest BCUT2D eigenvalue weighted by atomic mass is 9.98. The van der Waals surface area contributed by atoms with Gasteiger partial charge >= 0.3 is 6.03 Å². The first-order valence-electron chi connectivity index (χ1n) is 9.04. The molecule has 2 aliphatic rings. The number of halogens is 1. The van der Waals surface area contributed by atoms with Crippen molar-refractivity contribution in [3.05, 3.63) is 28.8 Å². The number of hydrogen-bond donors (Lipinski definition) is 4. The fourth-order valence-electron chi connectivity index (χ4n) is 3.54. The van der Waals surface area contributed by atoms with Gasteiger partial charge in [-0.2, -0.15) is 0 Å². The zero-order valence-electron chi connectivity index (χ0n) is 15.1. The number of aromatic hydroxyl groups is 1. The molecule has 1 heterocycles. The second kappa shape index (κ2) is 8.05. The van der Waals surface area contributed by atoms with Crippen LogP contribution in [-0.2, 0) is 9.59 Å². The van der Waals surface area contributed by atoms with E-state index in [9.17, 15) is 24.3 Å². The van der Waals surface area contributed by atoms with Crippen molar-refractivity contribution in [3.8, 4) is 5.75 Å². The highest BCUT2D eigenvalue weighted by Crippen LogP contribution is 2.35. The number of carbonyl (C=O) groups excluding carboxylic acids is 4. The average molecular weight is 409 g/mol. The molecule has 9 nitrogen and oxygen atoms in total. The molecule has 1 aliphatic heterocycles. The molecule has 3 rings (SSSR count). The monoisotopic (exact) mass is 408 g/mol. The van der Waals surface area contributed by atoms with Gasteiger partial charge in [-0.1, -0.05) is 24.4 Å². The van der Waals surface area contributed by atoms with Gasteiger partial charge in [0, 0.05) is 18.0 Å². The van der Waals surface area contributed by atoms with Crippen LogP contribution in [0.5, 0.6) is 5.75 Å². The van der Waals surface area contributed by atoms with Crippen LogP contribution in [0.15, 0.2) is 18.2 Å². The molecule has 1 aromatic rings. The Bertz CT molecular complexity index is 822. The van der Waals surface area contributed by atoms with Gasteiger partial charge in [-0.3, -0.25) is 30.1 Å². The number of rotatable bonds is 5. The van der Waals surface area contributed by atoms with Crippen LogP contribution in [0.4, 0.5) is 4.79 Å². The van der Waals surface area contributed by atoms with E-state index in [2.05, 4.69) is 16.2 Å². The van der Waals surface area contributed by atoms with E-state index in [1.165, 1.54) is 18.2 Å². The minimum Gasteiger partial charge on any atom is -0.507 e. The second-order valence-corrected chi connectivity index (χ2v) is 7.38. The van der Waals surface area contributed by atoms with E-state index in [0.717, 1.165) is 17.7 Å². The van der Waals surface area contributed by atoms with Crippen LogP contribution >= 0.6 is 11.6 Å². The molecule has 4 N–H and O–H groups in total. The van der Waals surface area contributed by atoms with Gasteiger partial charge in [0.2, 0.25) is 5.91 Å². The van der Waals surface area contributed by atoms with E-state index in [1.54, 1.807) is 0 Å². The summed E-state index contributed by atoms with van der Waals surface area (Å²) in [7, 11) is 0. The molecule has 1 aromatic carbocycles. The Morgan fingerprint density at radius 1 is 1.21 bits per heavy atom. The van der Waals surface area contributed by atoms with Gasteiger partial charge in [0.05, 0.1) is 5.56 Å². The van der Waals surface area contributed by atoms with Crippen LogP contribution in [0.25, 0.3) is 0 Å². The number of imide groups is 1. The van der Waals surface area contributed by atoms with Crippen molar-refractivity contribution in [2.75, 3.05) is 6.54 Å². The lowest BCUT2D eigenvalue weighted by Gasteiger charge is -2.19. The predicted molar refractivity (Wildman–Crippen MR) is 99.4 cm³/mol. The fraction of sp³-hybridized carbons (Fsp3) is 0.444. The second-order valence-electron chi connectivity index (χ2n) is 6.94. The summed E-state index contributed by atoms with van der Waals surface area (Å²) in [5, 5.41) is 12.7. The van der Waals surface area contributed by atoms with E-state index >= 15 is 0 Å². The zero-order chi connectivity index (χ0) is 20.3. The molecule has 2 fully saturated rings. The molecular formula is C18H21ClN4O5. The van der Waals surface area contributed by atoms with Crippen LogP contribution in [0.1, 0.15) is 48.9 Å². The van der Waals surface area contributed by atoms with Crippen molar-refractivity contribution in [2.24, 2.45) is 0 Å². The number of carbonyl (C=O) groups is 4. The van der Waals surface area contributed by atoms with Crippen LogP contribution in [-0.4, -0.2) is 45.8 Å². The smallest absolute Gasteiger partial charge is 0.325 e. The first-order valence-corrected chi connectivity index (χ1v) is 9.42. The largest absolute Gasteiger partial charge is 0.507 e. The Hall–Kier alpha value is -2.81. The standard InChI is InChI=1S/C18H21ClN4O5/c19-11-5-6-13(24)12(10-11)15(26)22-21-14(25)4-3-9-23-16(27)18(20-17(23)28)7-1-2-8-18/h5-6,10,24H,1-4,7-9H2,(H,20,28)(H,21,25)(H,22,26). The SMILES string of the molecule is O=C(CCCN1C(=O)NC2(CCCC2)C1=O)NNC(=O)c1cc(Cl)ccc1O. The number of benzene rings is 1. The molecule has 0 atom stereocenters. The summed E-state index contributed by atoms with van der Waals surface area (Å²) in [6, 6.07) is 3.55. The number of amides is 5. The highest BCUT2D eigenvalue weighted by Gasteiger charge is 2.51. The molecule has 1 aliphatic carbocycles. The molecule has 150 valence electrons. The van der Waals surface area contributed by atoms with Gasteiger partial charge in [0.15, 0.2) is 0 Å². The van der Waals surface area contributed by atoms with Crippen LogP contribution < -0.4 is 16.2 Å². The van der Waals surface area contributed by atoms with Crippen LogP contribution in [0.3, 0.4) is 0 Å². The minimum atomic E-state index is -0.758. The number of phenolic OH excluding ortho intramolecular Hbond substituents is 1. The highest BCUT2D eigenvalue weighted by molar-refractivity contribution is 6.31. The van der Waals surface area contributed by atoms with Crippen molar-refractivity contribution in [1.82, 2.24) is 21.1 Å². The van der Waals surface area contributed by atoms with Gasteiger partial charge in [-0.15, -0.1) is 0 Å². The lowest BCUT2D eigenvalue weighted by Crippen LogP contribution is -2.44. The van der Waals surface area contributed by atoms with E-state index in [-0.39, 0.29) is 41.6 Å². The summed E-state index contributed by atoms with van der Waals surface area (Å²) in [6.45, 7) is 0.128. The van der Waals surface area contributed by atoms with Gasteiger partial charge in [0.1, 0.15) is 11.3 Å². The van der Waals surface area contributed by atoms with Gasteiger partial charge in [0.25, 0.3) is 11.8 Å². The Morgan fingerprint density at radius 3 is 2.64 bits per heavy atom. The third kappa shape index (κ3) is 4.04. The highest BCUT2D eigenvalue weighted by atomic mass is 35.5. The summed E-state index contributed by atoms with van der Waals surface area (Å²) in [4.78, 5) is 49.6. The summed E-state index contributed by atoms with van der Waals surface area (Å²) >= 11 is 5.78. The third-order valence-electron chi connectivity index (χ3n) is 5.01. The molecule has 0 aromatic heterocycles. The quantitative estimate of drug-likeness (QED) is 0.433. The maximum atomic E-state index is 12.5.